The number of methoxy groups -OCH3 is 2. The molecule has 3 atom stereocenters. The summed E-state index contributed by atoms with van der Waals surface area (Å²) in [7, 11) is -0.616. The van der Waals surface area contributed by atoms with Crippen LogP contribution in [0.25, 0.3) is 0 Å². The van der Waals surface area contributed by atoms with Gasteiger partial charge in [0, 0.05) is 36.4 Å². The standard InChI is InChI=1S/C35H42ClN3O9S/c1-6-12-24(2)23-49(44,38-35(41)48-25(3)26-13-8-7-9-14-26)37-33(40)28-16-19-32(31(22-28)39(42)43)47-20-11-10-15-27-21-29(36)17-18-30(27)34(45-4)46-5/h6-9,13-14,16-19,21-22,24-25,34H,1,10-12,15,20,23H2,2-5H3,(H,37,38,40,41,44)/t24-,25-,49?/m0/s1. The van der Waals surface area contributed by atoms with Crippen LogP contribution in [0.3, 0.4) is 0 Å². The molecule has 12 nitrogen and oxygen atoms in total. The highest BCUT2D eigenvalue weighted by Crippen LogP contribution is 2.30. The molecule has 0 saturated carbocycles. The molecule has 0 fully saturated rings. The van der Waals surface area contributed by atoms with Gasteiger partial charge in [-0.05, 0) is 73.9 Å². The van der Waals surface area contributed by atoms with E-state index >= 15 is 0 Å². The molecule has 0 saturated heterocycles. The van der Waals surface area contributed by atoms with E-state index in [0.29, 0.717) is 36.3 Å². The molecule has 1 unspecified atom stereocenters. The first-order chi connectivity index (χ1) is 23.4. The van der Waals surface area contributed by atoms with Crippen LogP contribution in [0.4, 0.5) is 10.5 Å². The highest BCUT2D eigenvalue weighted by molar-refractivity contribution is 7.92. The Kier molecular flexibility index (Phi) is 15.2. The van der Waals surface area contributed by atoms with E-state index in [1.807, 2.05) is 18.2 Å². The third kappa shape index (κ3) is 12.0. The largest absolute Gasteiger partial charge is 0.487 e. The molecule has 0 aliphatic carbocycles. The Morgan fingerprint density at radius 1 is 1.06 bits per heavy atom. The number of carbonyl (C=O) groups is 2. The molecule has 2 amide bonds. The van der Waals surface area contributed by atoms with Crippen LogP contribution in [-0.4, -0.2) is 47.7 Å². The van der Waals surface area contributed by atoms with Crippen molar-refractivity contribution in [1.29, 1.82) is 0 Å². The highest BCUT2D eigenvalue weighted by Gasteiger charge is 2.24. The Labute approximate surface area is 292 Å². The van der Waals surface area contributed by atoms with E-state index in [1.54, 1.807) is 64.5 Å². The number of allylic oxidation sites excluding steroid dienone is 1. The van der Waals surface area contributed by atoms with Crippen molar-refractivity contribution in [2.75, 3.05) is 26.6 Å². The van der Waals surface area contributed by atoms with E-state index in [4.69, 9.17) is 30.5 Å². The highest BCUT2D eigenvalue weighted by atomic mass is 35.5. The lowest BCUT2D eigenvalue weighted by Gasteiger charge is -2.18. The van der Waals surface area contributed by atoms with Gasteiger partial charge in [0.05, 0.1) is 17.3 Å². The molecule has 0 radical (unpaired) electrons. The van der Waals surface area contributed by atoms with Gasteiger partial charge in [0.1, 0.15) is 16.0 Å². The SMILES string of the molecule is C=CC[C@H](C)CS(=O)(=NC(=O)c1ccc(OCCCCc2cc(Cl)ccc2C(OC)OC)c([N+](=O)[O-])c1)NC(=O)O[C@@H](C)c1ccccc1. The summed E-state index contributed by atoms with van der Waals surface area (Å²) in [6.45, 7) is 7.26. The molecule has 14 heteroatoms. The van der Waals surface area contributed by atoms with Gasteiger partial charge in [-0.1, -0.05) is 61.0 Å². The fourth-order valence-electron chi connectivity index (χ4n) is 5.02. The van der Waals surface area contributed by atoms with Crippen LogP contribution in [0, 0.1) is 16.0 Å². The molecule has 3 aromatic carbocycles. The number of carbonyl (C=O) groups excluding carboxylic acids is 2. The van der Waals surface area contributed by atoms with Crippen LogP contribution in [-0.2, 0) is 30.5 Å². The minimum Gasteiger partial charge on any atom is -0.487 e. The number of hydrogen-bond acceptors (Lipinski definition) is 9. The van der Waals surface area contributed by atoms with E-state index in [0.717, 1.165) is 17.2 Å². The summed E-state index contributed by atoms with van der Waals surface area (Å²) < 4.78 is 41.9. The molecule has 0 aliphatic rings. The summed E-state index contributed by atoms with van der Waals surface area (Å²) in [4.78, 5) is 37.3. The van der Waals surface area contributed by atoms with Gasteiger partial charge in [-0.3, -0.25) is 14.9 Å². The predicted molar refractivity (Wildman–Crippen MR) is 188 cm³/mol. The second-order valence-electron chi connectivity index (χ2n) is 11.3. The quantitative estimate of drug-likeness (QED) is 0.0451. The van der Waals surface area contributed by atoms with Crippen molar-refractivity contribution >= 4 is 39.2 Å². The third-order valence-corrected chi connectivity index (χ3v) is 9.60. The summed E-state index contributed by atoms with van der Waals surface area (Å²) in [5, 5.41) is 12.5. The molecular weight excluding hydrogens is 674 g/mol. The maximum Gasteiger partial charge on any atom is 0.420 e. The van der Waals surface area contributed by atoms with E-state index in [2.05, 4.69) is 15.7 Å². The Hall–Kier alpha value is -4.30. The lowest BCUT2D eigenvalue weighted by atomic mass is 10.0. The van der Waals surface area contributed by atoms with Gasteiger partial charge in [0.2, 0.25) is 0 Å². The summed E-state index contributed by atoms with van der Waals surface area (Å²) in [6, 6.07) is 18.0. The molecule has 3 aromatic rings. The number of rotatable bonds is 18. The van der Waals surface area contributed by atoms with Crippen molar-refractivity contribution < 1.29 is 37.7 Å². The number of aryl methyl sites for hydroxylation is 1. The number of unbranched alkanes of at least 4 members (excludes halogenated alkanes) is 1. The van der Waals surface area contributed by atoms with Gasteiger partial charge in [-0.15, -0.1) is 10.9 Å². The van der Waals surface area contributed by atoms with Gasteiger partial charge < -0.3 is 18.9 Å². The van der Waals surface area contributed by atoms with Crippen molar-refractivity contribution in [2.45, 2.75) is 51.9 Å². The molecular formula is C35H42ClN3O9S. The third-order valence-electron chi connectivity index (χ3n) is 7.39. The fraction of sp³-hybridized carbons (Fsp3) is 0.371. The molecule has 264 valence electrons. The number of hydrogen-bond donors (Lipinski definition) is 1. The number of nitrogens with zero attached hydrogens (tertiary/aromatic N) is 2. The monoisotopic (exact) mass is 715 g/mol. The number of halogens is 1. The van der Waals surface area contributed by atoms with Crippen molar-refractivity contribution in [2.24, 2.45) is 10.3 Å². The Morgan fingerprint density at radius 2 is 1.78 bits per heavy atom. The lowest BCUT2D eigenvalue weighted by molar-refractivity contribution is -0.385. The van der Waals surface area contributed by atoms with E-state index < -0.39 is 44.9 Å². The molecule has 0 aliphatic heterocycles. The molecule has 3 rings (SSSR count). The topological polar surface area (TPSA) is 156 Å². The minimum atomic E-state index is -3.71. The number of nitrogens with one attached hydrogen (secondary N) is 1. The van der Waals surface area contributed by atoms with Crippen LogP contribution in [0.15, 0.2) is 83.7 Å². The molecule has 49 heavy (non-hydrogen) atoms. The van der Waals surface area contributed by atoms with Crippen LogP contribution in [0.1, 0.15) is 72.6 Å². The summed E-state index contributed by atoms with van der Waals surface area (Å²) in [5.74, 6) is -1.51. The maximum atomic E-state index is 13.9. The second-order valence-corrected chi connectivity index (χ2v) is 13.7. The van der Waals surface area contributed by atoms with Gasteiger partial charge >= 0.3 is 11.8 Å². The average molecular weight is 716 g/mol. The van der Waals surface area contributed by atoms with Crippen LogP contribution in [0.2, 0.25) is 5.02 Å². The smallest absolute Gasteiger partial charge is 0.420 e. The number of nitro groups is 1. The Morgan fingerprint density at radius 3 is 2.43 bits per heavy atom. The van der Waals surface area contributed by atoms with Crippen molar-refractivity contribution in [3.8, 4) is 5.75 Å². The average Bonchev–Trinajstić information content (AvgIpc) is 3.06. The van der Waals surface area contributed by atoms with Crippen LogP contribution >= 0.6 is 11.6 Å². The zero-order chi connectivity index (χ0) is 36.0. The molecule has 0 aromatic heterocycles. The number of nitro benzene ring substituents is 1. The molecule has 0 bridgehead atoms. The number of benzene rings is 3. The lowest BCUT2D eigenvalue weighted by Crippen LogP contribution is -2.35. The summed E-state index contributed by atoms with van der Waals surface area (Å²) in [5.41, 5.74) is 1.85. The normalized spacial score (nSPS) is 13.5. The van der Waals surface area contributed by atoms with Crippen molar-refractivity contribution in [1.82, 2.24) is 4.72 Å². The van der Waals surface area contributed by atoms with E-state index in [1.165, 1.54) is 12.1 Å². The predicted octanol–water partition coefficient (Wildman–Crippen LogP) is 8.16. The first kappa shape index (κ1) is 39.1. The fourth-order valence-corrected chi connectivity index (χ4v) is 7.01. The first-order valence-corrected chi connectivity index (χ1v) is 17.6. The first-order valence-electron chi connectivity index (χ1n) is 15.6. The van der Waals surface area contributed by atoms with Gasteiger partial charge in [0.25, 0.3) is 5.91 Å². The van der Waals surface area contributed by atoms with Crippen molar-refractivity contribution in [3.63, 3.8) is 0 Å². The maximum absolute atomic E-state index is 13.9. The van der Waals surface area contributed by atoms with Crippen LogP contribution < -0.4 is 9.46 Å². The summed E-state index contributed by atoms with van der Waals surface area (Å²) >= 11 is 6.20. The zero-order valence-corrected chi connectivity index (χ0v) is 29.5. The van der Waals surface area contributed by atoms with E-state index in [-0.39, 0.29) is 29.6 Å². The number of ether oxygens (including phenoxy) is 4. The van der Waals surface area contributed by atoms with E-state index in [9.17, 15) is 23.9 Å². The number of amides is 2. The van der Waals surface area contributed by atoms with Gasteiger partial charge in [-0.25, -0.2) is 13.7 Å². The van der Waals surface area contributed by atoms with Crippen LogP contribution in [0.5, 0.6) is 5.75 Å². The van der Waals surface area contributed by atoms with Gasteiger partial charge in [-0.2, -0.15) is 0 Å². The molecule has 0 heterocycles. The zero-order valence-electron chi connectivity index (χ0n) is 28.0. The van der Waals surface area contributed by atoms with Gasteiger partial charge in [0.15, 0.2) is 12.0 Å². The molecule has 0 spiro atoms. The van der Waals surface area contributed by atoms with Crippen molar-refractivity contribution in [3.05, 3.63) is 117 Å². The molecule has 1 N–H and O–H groups in total. The second kappa shape index (κ2) is 19.0. The summed E-state index contributed by atoms with van der Waals surface area (Å²) in [6.07, 6.45) is 1.69. The Bertz CT molecular complexity index is 1720. The minimum absolute atomic E-state index is 0.0410. The Balaban J connectivity index is 1.73.